The molecule has 2 aromatic carbocycles. The Kier molecular flexibility index (Phi) is 3.66. The number of anilines is 1. The molecule has 0 aliphatic heterocycles. The second-order valence-corrected chi connectivity index (χ2v) is 4.76. The van der Waals surface area contributed by atoms with Crippen LogP contribution in [0.2, 0.25) is 0 Å². The molecule has 1 N–H and O–H groups in total. The molecule has 0 atom stereocenters. The van der Waals surface area contributed by atoms with Crippen molar-refractivity contribution >= 4 is 5.69 Å². The lowest BCUT2D eigenvalue weighted by molar-refractivity contribution is 0.629. The summed E-state index contributed by atoms with van der Waals surface area (Å²) in [6, 6.07) is 11.5. The molecule has 0 bridgehead atoms. The molecular weight excluding hydrogens is 225 g/mol. The summed E-state index contributed by atoms with van der Waals surface area (Å²) < 4.78 is 13.6. The standard InChI is InChI=1S/C16H18FN/c1-11-4-7-16(15(17)8-11)18-10-14-6-5-12(2)13(3)9-14/h4-9,18H,10H2,1-3H3. The smallest absolute Gasteiger partial charge is 0.146 e. The van der Waals surface area contributed by atoms with Crippen molar-refractivity contribution in [3.8, 4) is 0 Å². The van der Waals surface area contributed by atoms with E-state index in [1.54, 1.807) is 12.1 Å². The van der Waals surface area contributed by atoms with Gasteiger partial charge in [0.15, 0.2) is 0 Å². The molecule has 2 rings (SSSR count). The highest BCUT2D eigenvalue weighted by atomic mass is 19.1. The second-order valence-electron chi connectivity index (χ2n) is 4.76. The topological polar surface area (TPSA) is 12.0 Å². The molecular formula is C16H18FN. The molecule has 0 saturated carbocycles. The molecule has 1 nitrogen and oxygen atoms in total. The number of nitrogens with one attached hydrogen (secondary N) is 1. The molecule has 0 fully saturated rings. The van der Waals surface area contributed by atoms with E-state index in [0.717, 1.165) is 11.1 Å². The van der Waals surface area contributed by atoms with Crippen molar-refractivity contribution in [2.45, 2.75) is 27.3 Å². The first-order chi connectivity index (χ1) is 8.56. The lowest BCUT2D eigenvalue weighted by atomic mass is 10.1. The molecule has 94 valence electrons. The van der Waals surface area contributed by atoms with Crippen LogP contribution in [0.4, 0.5) is 10.1 Å². The molecule has 0 heterocycles. The molecule has 0 aliphatic carbocycles. The van der Waals surface area contributed by atoms with Crippen molar-refractivity contribution in [1.29, 1.82) is 0 Å². The maximum absolute atomic E-state index is 13.6. The minimum Gasteiger partial charge on any atom is -0.379 e. The average molecular weight is 243 g/mol. The summed E-state index contributed by atoms with van der Waals surface area (Å²) in [5, 5.41) is 3.13. The maximum Gasteiger partial charge on any atom is 0.146 e. The molecule has 0 spiro atoms. The fourth-order valence-corrected chi connectivity index (χ4v) is 1.87. The van der Waals surface area contributed by atoms with Crippen LogP contribution in [0.5, 0.6) is 0 Å². The third kappa shape index (κ3) is 2.89. The fraction of sp³-hybridized carbons (Fsp3) is 0.250. The zero-order valence-electron chi connectivity index (χ0n) is 11.0. The van der Waals surface area contributed by atoms with Gasteiger partial charge in [-0.1, -0.05) is 24.3 Å². The molecule has 2 heteroatoms. The van der Waals surface area contributed by atoms with Gasteiger partial charge in [0.05, 0.1) is 5.69 Å². The predicted molar refractivity (Wildman–Crippen MR) is 74.4 cm³/mol. The van der Waals surface area contributed by atoms with Crippen LogP contribution in [0.15, 0.2) is 36.4 Å². The first-order valence-electron chi connectivity index (χ1n) is 6.12. The Morgan fingerprint density at radius 2 is 1.72 bits per heavy atom. The van der Waals surface area contributed by atoms with Gasteiger partial charge in [-0.2, -0.15) is 0 Å². The summed E-state index contributed by atoms with van der Waals surface area (Å²) in [6.45, 7) is 6.70. The van der Waals surface area contributed by atoms with E-state index >= 15 is 0 Å². The van der Waals surface area contributed by atoms with E-state index in [4.69, 9.17) is 0 Å². The molecule has 0 unspecified atom stereocenters. The van der Waals surface area contributed by atoms with Crippen LogP contribution in [-0.4, -0.2) is 0 Å². The number of rotatable bonds is 3. The van der Waals surface area contributed by atoms with Crippen LogP contribution < -0.4 is 5.32 Å². The van der Waals surface area contributed by atoms with Crippen LogP contribution in [0.1, 0.15) is 22.3 Å². The van der Waals surface area contributed by atoms with Gasteiger partial charge in [0.1, 0.15) is 5.82 Å². The van der Waals surface area contributed by atoms with E-state index < -0.39 is 0 Å². The van der Waals surface area contributed by atoms with Crippen LogP contribution in [-0.2, 0) is 6.54 Å². The number of benzene rings is 2. The van der Waals surface area contributed by atoms with E-state index in [0.29, 0.717) is 12.2 Å². The van der Waals surface area contributed by atoms with Crippen LogP contribution in [0, 0.1) is 26.6 Å². The summed E-state index contributed by atoms with van der Waals surface area (Å²) in [7, 11) is 0. The van der Waals surface area contributed by atoms with Gasteiger partial charge in [-0.25, -0.2) is 4.39 Å². The number of halogens is 1. The zero-order valence-corrected chi connectivity index (χ0v) is 11.0. The van der Waals surface area contributed by atoms with Gasteiger partial charge in [0.2, 0.25) is 0 Å². The largest absolute Gasteiger partial charge is 0.379 e. The molecule has 0 radical (unpaired) electrons. The van der Waals surface area contributed by atoms with Crippen molar-refractivity contribution < 1.29 is 4.39 Å². The predicted octanol–water partition coefficient (Wildman–Crippen LogP) is 4.36. The highest BCUT2D eigenvalue weighted by molar-refractivity contribution is 5.47. The van der Waals surface area contributed by atoms with Gasteiger partial charge in [-0.3, -0.25) is 0 Å². The average Bonchev–Trinajstić information content (AvgIpc) is 2.32. The molecule has 0 aromatic heterocycles. The summed E-state index contributed by atoms with van der Waals surface area (Å²) in [5.74, 6) is -0.196. The van der Waals surface area contributed by atoms with Crippen molar-refractivity contribution in [3.05, 3.63) is 64.5 Å². The molecule has 18 heavy (non-hydrogen) atoms. The van der Waals surface area contributed by atoms with Gasteiger partial charge >= 0.3 is 0 Å². The van der Waals surface area contributed by atoms with E-state index in [1.807, 2.05) is 13.0 Å². The Morgan fingerprint density at radius 1 is 0.944 bits per heavy atom. The minimum absolute atomic E-state index is 0.196. The lowest BCUT2D eigenvalue weighted by Gasteiger charge is -2.09. The SMILES string of the molecule is Cc1ccc(NCc2ccc(C)c(C)c2)c(F)c1. The van der Waals surface area contributed by atoms with Crippen molar-refractivity contribution in [3.63, 3.8) is 0 Å². The third-order valence-electron chi connectivity index (χ3n) is 3.18. The molecule has 0 aliphatic rings. The summed E-state index contributed by atoms with van der Waals surface area (Å²) in [5.41, 5.74) is 5.19. The van der Waals surface area contributed by atoms with E-state index in [-0.39, 0.29) is 5.82 Å². The highest BCUT2D eigenvalue weighted by Gasteiger charge is 2.02. The third-order valence-corrected chi connectivity index (χ3v) is 3.18. The second kappa shape index (κ2) is 5.21. The van der Waals surface area contributed by atoms with Gasteiger partial charge < -0.3 is 5.32 Å². The highest BCUT2D eigenvalue weighted by Crippen LogP contribution is 2.17. The lowest BCUT2D eigenvalue weighted by Crippen LogP contribution is -2.02. The minimum atomic E-state index is -0.196. The first kappa shape index (κ1) is 12.6. The Morgan fingerprint density at radius 3 is 2.39 bits per heavy atom. The Hall–Kier alpha value is -1.83. The van der Waals surface area contributed by atoms with Gasteiger partial charge in [0, 0.05) is 6.54 Å². The molecule has 0 saturated heterocycles. The Labute approximate surface area is 108 Å². The monoisotopic (exact) mass is 243 g/mol. The van der Waals surface area contributed by atoms with Crippen molar-refractivity contribution in [2.75, 3.05) is 5.32 Å². The quantitative estimate of drug-likeness (QED) is 0.844. The fourth-order valence-electron chi connectivity index (χ4n) is 1.87. The molecule has 0 amide bonds. The Balaban J connectivity index is 2.09. The van der Waals surface area contributed by atoms with Gasteiger partial charge in [-0.05, 0) is 55.2 Å². The molecule has 2 aromatic rings. The zero-order chi connectivity index (χ0) is 13.1. The summed E-state index contributed by atoms with van der Waals surface area (Å²) in [4.78, 5) is 0. The first-order valence-corrected chi connectivity index (χ1v) is 6.12. The van der Waals surface area contributed by atoms with Gasteiger partial charge in [-0.15, -0.1) is 0 Å². The van der Waals surface area contributed by atoms with Crippen LogP contribution in [0.25, 0.3) is 0 Å². The normalized spacial score (nSPS) is 10.4. The van der Waals surface area contributed by atoms with Crippen molar-refractivity contribution in [2.24, 2.45) is 0 Å². The summed E-state index contributed by atoms with van der Waals surface area (Å²) in [6.07, 6.45) is 0. The van der Waals surface area contributed by atoms with E-state index in [1.165, 1.54) is 11.1 Å². The summed E-state index contributed by atoms with van der Waals surface area (Å²) >= 11 is 0. The van der Waals surface area contributed by atoms with Crippen LogP contribution >= 0.6 is 0 Å². The van der Waals surface area contributed by atoms with Crippen molar-refractivity contribution in [1.82, 2.24) is 0 Å². The Bertz CT molecular complexity index is 561. The van der Waals surface area contributed by atoms with Gasteiger partial charge in [0.25, 0.3) is 0 Å². The van der Waals surface area contributed by atoms with Crippen LogP contribution in [0.3, 0.4) is 0 Å². The van der Waals surface area contributed by atoms with E-state index in [2.05, 4.69) is 37.4 Å². The maximum atomic E-state index is 13.6. The van der Waals surface area contributed by atoms with E-state index in [9.17, 15) is 4.39 Å². The number of aryl methyl sites for hydroxylation is 3. The number of hydrogen-bond donors (Lipinski definition) is 1. The number of hydrogen-bond acceptors (Lipinski definition) is 1.